The second-order valence-electron chi connectivity index (χ2n) is 4.71. The minimum absolute atomic E-state index is 0.00225. The average Bonchev–Trinajstić information content (AvgIpc) is 2.55. The first kappa shape index (κ1) is 13.8. The minimum Gasteiger partial charge on any atom is -0.272 e. The highest BCUT2D eigenvalue weighted by Gasteiger charge is 2.10. The molecule has 0 amide bonds. The fourth-order valence-corrected chi connectivity index (χ4v) is 2.26. The van der Waals surface area contributed by atoms with Crippen LogP contribution in [0, 0.1) is 10.1 Å². The van der Waals surface area contributed by atoms with Crippen LogP contribution in [0.2, 0.25) is 0 Å². The van der Waals surface area contributed by atoms with Crippen molar-refractivity contribution >= 4 is 28.4 Å². The molecular formula is C17H13N3O2. The molecule has 0 heterocycles. The predicted octanol–water partition coefficient (Wildman–Crippen LogP) is 4.19. The van der Waals surface area contributed by atoms with Crippen molar-refractivity contribution in [3.8, 4) is 0 Å². The van der Waals surface area contributed by atoms with Crippen molar-refractivity contribution in [3.05, 3.63) is 82.4 Å². The van der Waals surface area contributed by atoms with Gasteiger partial charge in [0.15, 0.2) is 0 Å². The van der Waals surface area contributed by atoms with Crippen LogP contribution in [0.5, 0.6) is 0 Å². The predicted molar refractivity (Wildman–Crippen MR) is 88.3 cm³/mol. The van der Waals surface area contributed by atoms with E-state index < -0.39 is 4.92 Å². The Morgan fingerprint density at radius 3 is 2.55 bits per heavy atom. The molecule has 0 aliphatic carbocycles. The third kappa shape index (κ3) is 2.78. The summed E-state index contributed by atoms with van der Waals surface area (Å²) in [6.45, 7) is 0. The molecule has 0 unspecified atom stereocenters. The van der Waals surface area contributed by atoms with Crippen molar-refractivity contribution in [2.24, 2.45) is 5.10 Å². The molecule has 0 fully saturated rings. The van der Waals surface area contributed by atoms with Crippen LogP contribution in [0.4, 0.5) is 11.4 Å². The molecule has 0 radical (unpaired) electrons. The number of nitrogens with one attached hydrogen (secondary N) is 1. The van der Waals surface area contributed by atoms with Crippen LogP contribution in [-0.4, -0.2) is 11.1 Å². The van der Waals surface area contributed by atoms with E-state index in [0.29, 0.717) is 5.69 Å². The second kappa shape index (κ2) is 6.05. The average molecular weight is 291 g/mol. The molecule has 0 bridgehead atoms. The van der Waals surface area contributed by atoms with E-state index in [4.69, 9.17) is 0 Å². The number of hydrazone groups is 1. The number of para-hydroxylation sites is 2. The van der Waals surface area contributed by atoms with E-state index in [2.05, 4.69) is 10.5 Å². The monoisotopic (exact) mass is 291 g/mol. The summed E-state index contributed by atoms with van der Waals surface area (Å²) in [4.78, 5) is 10.5. The summed E-state index contributed by atoms with van der Waals surface area (Å²) in [6, 6.07) is 20.3. The maximum absolute atomic E-state index is 10.9. The maximum Gasteiger partial charge on any atom is 0.294 e. The van der Waals surface area contributed by atoms with E-state index in [1.54, 1.807) is 24.4 Å². The third-order valence-corrected chi connectivity index (χ3v) is 3.31. The van der Waals surface area contributed by atoms with Gasteiger partial charge in [-0.3, -0.25) is 15.5 Å². The Morgan fingerprint density at radius 1 is 0.955 bits per heavy atom. The van der Waals surface area contributed by atoms with Gasteiger partial charge in [-0.25, -0.2) is 0 Å². The Kier molecular flexibility index (Phi) is 3.78. The normalized spacial score (nSPS) is 10.9. The van der Waals surface area contributed by atoms with Crippen molar-refractivity contribution in [2.45, 2.75) is 0 Å². The lowest BCUT2D eigenvalue weighted by Gasteiger charge is -2.03. The molecule has 0 saturated carbocycles. The van der Waals surface area contributed by atoms with E-state index >= 15 is 0 Å². The van der Waals surface area contributed by atoms with Crippen molar-refractivity contribution in [3.63, 3.8) is 0 Å². The number of benzene rings is 3. The Bertz CT molecular complexity index is 854. The van der Waals surface area contributed by atoms with Gasteiger partial charge in [0.25, 0.3) is 5.69 Å². The Hall–Kier alpha value is -3.21. The van der Waals surface area contributed by atoms with Crippen LogP contribution in [0.15, 0.2) is 71.8 Å². The molecule has 0 aliphatic heterocycles. The van der Waals surface area contributed by atoms with Gasteiger partial charge in [-0.1, -0.05) is 54.6 Å². The standard InChI is InChI=1S/C17H13N3O2/c21-20(22)17-11-4-3-10-16(17)19-18-12-14-8-5-7-13-6-1-2-9-15(13)14/h1-12,19H. The molecule has 1 N–H and O–H groups in total. The highest BCUT2D eigenvalue weighted by atomic mass is 16.6. The van der Waals surface area contributed by atoms with Crippen LogP contribution < -0.4 is 5.43 Å². The summed E-state index contributed by atoms with van der Waals surface area (Å²) < 4.78 is 0. The van der Waals surface area contributed by atoms with E-state index in [1.807, 2.05) is 42.5 Å². The molecule has 0 saturated heterocycles. The molecule has 22 heavy (non-hydrogen) atoms. The summed E-state index contributed by atoms with van der Waals surface area (Å²) in [6.07, 6.45) is 1.67. The zero-order valence-electron chi connectivity index (χ0n) is 11.6. The van der Waals surface area contributed by atoms with Gasteiger partial charge >= 0.3 is 0 Å². The SMILES string of the molecule is O=[N+]([O-])c1ccccc1NN=Cc1cccc2ccccc12. The van der Waals surface area contributed by atoms with Gasteiger partial charge in [-0.05, 0) is 16.8 Å². The van der Waals surface area contributed by atoms with Crippen molar-refractivity contribution < 1.29 is 4.92 Å². The number of rotatable bonds is 4. The Labute approximate surface area is 127 Å². The van der Waals surface area contributed by atoms with Crippen LogP contribution in [0.25, 0.3) is 10.8 Å². The van der Waals surface area contributed by atoms with E-state index in [-0.39, 0.29) is 5.69 Å². The summed E-state index contributed by atoms with van der Waals surface area (Å²) in [5, 5.41) is 17.3. The van der Waals surface area contributed by atoms with E-state index in [0.717, 1.165) is 16.3 Å². The smallest absolute Gasteiger partial charge is 0.272 e. The van der Waals surface area contributed by atoms with Gasteiger partial charge in [-0.15, -0.1) is 0 Å². The van der Waals surface area contributed by atoms with Gasteiger partial charge < -0.3 is 0 Å². The molecule has 3 aromatic rings. The third-order valence-electron chi connectivity index (χ3n) is 3.31. The number of hydrogen-bond donors (Lipinski definition) is 1. The fraction of sp³-hybridized carbons (Fsp3) is 0. The first-order valence-corrected chi connectivity index (χ1v) is 6.76. The first-order chi connectivity index (χ1) is 10.8. The molecule has 108 valence electrons. The van der Waals surface area contributed by atoms with Crippen LogP contribution in [0.1, 0.15) is 5.56 Å². The molecule has 0 atom stereocenters. The zero-order valence-corrected chi connectivity index (χ0v) is 11.6. The first-order valence-electron chi connectivity index (χ1n) is 6.76. The Morgan fingerprint density at radius 2 is 1.68 bits per heavy atom. The van der Waals surface area contributed by atoms with Gasteiger partial charge in [0, 0.05) is 11.6 Å². The number of hydrogen-bond acceptors (Lipinski definition) is 4. The minimum atomic E-state index is -0.435. The second-order valence-corrected chi connectivity index (χ2v) is 4.71. The van der Waals surface area contributed by atoms with Gasteiger partial charge in [-0.2, -0.15) is 5.10 Å². The maximum atomic E-state index is 10.9. The lowest BCUT2D eigenvalue weighted by atomic mass is 10.1. The van der Waals surface area contributed by atoms with E-state index in [1.165, 1.54) is 6.07 Å². The van der Waals surface area contributed by atoms with Crippen molar-refractivity contribution in [1.29, 1.82) is 0 Å². The van der Waals surface area contributed by atoms with Gasteiger partial charge in [0.05, 0.1) is 11.1 Å². The highest BCUT2D eigenvalue weighted by molar-refractivity contribution is 5.99. The summed E-state index contributed by atoms with van der Waals surface area (Å²) in [5.74, 6) is 0. The van der Waals surface area contributed by atoms with Crippen molar-refractivity contribution in [1.82, 2.24) is 0 Å². The van der Waals surface area contributed by atoms with Crippen LogP contribution in [0.3, 0.4) is 0 Å². The van der Waals surface area contributed by atoms with Crippen LogP contribution in [-0.2, 0) is 0 Å². The molecule has 3 aromatic carbocycles. The van der Waals surface area contributed by atoms with Crippen molar-refractivity contribution in [2.75, 3.05) is 5.43 Å². The molecule has 0 spiro atoms. The topological polar surface area (TPSA) is 67.5 Å². The molecular weight excluding hydrogens is 278 g/mol. The van der Waals surface area contributed by atoms with Crippen LogP contribution >= 0.6 is 0 Å². The summed E-state index contributed by atoms with van der Waals surface area (Å²) >= 11 is 0. The van der Waals surface area contributed by atoms with E-state index in [9.17, 15) is 10.1 Å². The number of nitro groups is 1. The Balaban J connectivity index is 1.87. The number of nitro benzene ring substituents is 1. The largest absolute Gasteiger partial charge is 0.294 e. The number of nitrogens with zero attached hydrogens (tertiary/aromatic N) is 2. The lowest BCUT2D eigenvalue weighted by molar-refractivity contribution is -0.384. The van der Waals surface area contributed by atoms with Gasteiger partial charge in [0.1, 0.15) is 5.69 Å². The number of fused-ring (bicyclic) bond motifs is 1. The summed E-state index contributed by atoms with van der Waals surface area (Å²) in [7, 11) is 0. The lowest BCUT2D eigenvalue weighted by Crippen LogP contribution is -1.96. The summed E-state index contributed by atoms with van der Waals surface area (Å²) in [5.41, 5.74) is 4.05. The fourth-order valence-electron chi connectivity index (χ4n) is 2.26. The van der Waals surface area contributed by atoms with Gasteiger partial charge in [0.2, 0.25) is 0 Å². The molecule has 0 aliphatic rings. The molecule has 3 rings (SSSR count). The quantitative estimate of drug-likeness (QED) is 0.445. The highest BCUT2D eigenvalue weighted by Crippen LogP contribution is 2.23. The molecule has 5 nitrogen and oxygen atoms in total. The number of anilines is 1. The molecule has 0 aromatic heterocycles. The molecule has 5 heteroatoms. The zero-order chi connectivity index (χ0) is 15.4.